The maximum absolute atomic E-state index is 14.0. The molecule has 0 aliphatic heterocycles. The summed E-state index contributed by atoms with van der Waals surface area (Å²) in [4.78, 5) is 2.07. The summed E-state index contributed by atoms with van der Waals surface area (Å²) in [5.74, 6) is 0.0105. The average Bonchev–Trinajstić information content (AvgIpc) is 2.31. The number of rotatable bonds is 6. The average molecular weight is 254 g/mol. The first-order valence-electron chi connectivity index (χ1n) is 6.09. The highest BCUT2D eigenvalue weighted by Gasteiger charge is 2.19. The van der Waals surface area contributed by atoms with E-state index in [1.165, 1.54) is 7.11 Å². The van der Waals surface area contributed by atoms with Crippen molar-refractivity contribution >= 4 is 0 Å². The van der Waals surface area contributed by atoms with Gasteiger partial charge in [0.2, 0.25) is 0 Å². The van der Waals surface area contributed by atoms with Gasteiger partial charge in [0.25, 0.3) is 0 Å². The molecule has 0 heterocycles. The third-order valence-corrected chi connectivity index (χ3v) is 2.95. The molecule has 1 rings (SSSR count). The van der Waals surface area contributed by atoms with Crippen molar-refractivity contribution in [2.45, 2.75) is 20.4 Å². The highest BCUT2D eigenvalue weighted by molar-refractivity contribution is 5.30. The molecule has 0 bridgehead atoms. The van der Waals surface area contributed by atoms with Crippen LogP contribution in [0.3, 0.4) is 0 Å². The molecule has 0 radical (unpaired) electrons. The van der Waals surface area contributed by atoms with Crippen LogP contribution in [-0.2, 0) is 6.54 Å². The minimum Gasteiger partial charge on any atom is -0.494 e. The molecule has 1 aromatic rings. The van der Waals surface area contributed by atoms with Gasteiger partial charge in [-0.3, -0.25) is 0 Å². The summed E-state index contributed by atoms with van der Waals surface area (Å²) < 4.78 is 18.9. The Morgan fingerprint density at radius 1 is 1.39 bits per heavy atom. The molecule has 0 fully saturated rings. The van der Waals surface area contributed by atoms with Crippen LogP contribution < -0.4 is 10.5 Å². The van der Waals surface area contributed by atoms with Gasteiger partial charge in [0.1, 0.15) is 0 Å². The fraction of sp³-hybridized carbons (Fsp3) is 0.571. The summed E-state index contributed by atoms with van der Waals surface area (Å²) in [5, 5.41) is 0. The molecule has 0 saturated heterocycles. The Morgan fingerprint density at radius 2 is 2.06 bits per heavy atom. The van der Waals surface area contributed by atoms with E-state index in [-0.39, 0.29) is 11.2 Å². The van der Waals surface area contributed by atoms with Gasteiger partial charge in [-0.2, -0.15) is 0 Å². The predicted octanol–water partition coefficient (Wildman–Crippen LogP) is 2.25. The quantitative estimate of drug-likeness (QED) is 0.846. The topological polar surface area (TPSA) is 38.5 Å². The molecule has 2 N–H and O–H groups in total. The van der Waals surface area contributed by atoms with Crippen LogP contribution >= 0.6 is 0 Å². The Kier molecular flexibility index (Phi) is 5.11. The van der Waals surface area contributed by atoms with Gasteiger partial charge in [-0.25, -0.2) is 4.39 Å². The lowest BCUT2D eigenvalue weighted by atomic mass is 9.93. The molecule has 0 aliphatic carbocycles. The third-order valence-electron chi connectivity index (χ3n) is 2.95. The number of halogens is 1. The molecule has 0 aromatic heterocycles. The van der Waals surface area contributed by atoms with Crippen LogP contribution in [0.2, 0.25) is 0 Å². The van der Waals surface area contributed by atoms with Crippen molar-refractivity contribution in [1.82, 2.24) is 4.90 Å². The van der Waals surface area contributed by atoms with Crippen molar-refractivity contribution in [2.75, 3.05) is 27.2 Å². The number of methoxy groups -OCH3 is 1. The zero-order valence-corrected chi connectivity index (χ0v) is 11.7. The van der Waals surface area contributed by atoms with Gasteiger partial charge in [-0.1, -0.05) is 26.0 Å². The first kappa shape index (κ1) is 14.9. The minimum atomic E-state index is -0.280. The lowest BCUT2D eigenvalue weighted by molar-refractivity contribution is 0.207. The van der Waals surface area contributed by atoms with E-state index in [4.69, 9.17) is 10.5 Å². The molecule has 1 aromatic carbocycles. The van der Waals surface area contributed by atoms with Gasteiger partial charge < -0.3 is 15.4 Å². The summed E-state index contributed by atoms with van der Waals surface area (Å²) in [6.45, 7) is 6.18. The van der Waals surface area contributed by atoms with Gasteiger partial charge in [-0.05, 0) is 25.1 Å². The van der Waals surface area contributed by atoms with E-state index < -0.39 is 0 Å². The number of benzene rings is 1. The summed E-state index contributed by atoms with van der Waals surface area (Å²) in [7, 11) is 3.44. The van der Waals surface area contributed by atoms with Crippen molar-refractivity contribution in [3.63, 3.8) is 0 Å². The molecule has 3 nitrogen and oxygen atoms in total. The zero-order chi connectivity index (χ0) is 13.8. The smallest absolute Gasteiger partial charge is 0.169 e. The standard InChI is InChI=1S/C14H23FN2O/c1-14(2,9-16)10-17(3)8-11-6-5-7-12(18-4)13(11)15/h5-7H,8-10,16H2,1-4H3. The number of ether oxygens (including phenoxy) is 1. The molecule has 0 aliphatic rings. The molecule has 18 heavy (non-hydrogen) atoms. The Hall–Kier alpha value is -1.13. The SMILES string of the molecule is COc1cccc(CN(C)CC(C)(C)CN)c1F. The van der Waals surface area contributed by atoms with E-state index in [9.17, 15) is 4.39 Å². The first-order valence-corrected chi connectivity index (χ1v) is 6.09. The molecule has 0 atom stereocenters. The Balaban J connectivity index is 2.73. The molecular formula is C14H23FN2O. The molecule has 0 amide bonds. The van der Waals surface area contributed by atoms with Crippen LogP contribution in [0, 0.1) is 11.2 Å². The largest absolute Gasteiger partial charge is 0.494 e. The monoisotopic (exact) mass is 254 g/mol. The van der Waals surface area contributed by atoms with Crippen LogP contribution in [0.4, 0.5) is 4.39 Å². The van der Waals surface area contributed by atoms with Crippen LogP contribution in [0.5, 0.6) is 5.75 Å². The molecule has 0 unspecified atom stereocenters. The number of hydrogen-bond acceptors (Lipinski definition) is 3. The second-order valence-electron chi connectivity index (χ2n) is 5.47. The zero-order valence-electron chi connectivity index (χ0n) is 11.7. The fourth-order valence-electron chi connectivity index (χ4n) is 1.98. The van der Waals surface area contributed by atoms with E-state index in [1.807, 2.05) is 7.05 Å². The van der Waals surface area contributed by atoms with Crippen molar-refractivity contribution in [1.29, 1.82) is 0 Å². The maximum Gasteiger partial charge on any atom is 0.169 e. The van der Waals surface area contributed by atoms with E-state index >= 15 is 0 Å². The van der Waals surface area contributed by atoms with Crippen molar-refractivity contribution in [3.05, 3.63) is 29.6 Å². The lowest BCUT2D eigenvalue weighted by Crippen LogP contribution is -2.36. The normalized spacial score (nSPS) is 11.9. The number of hydrogen-bond donors (Lipinski definition) is 1. The second kappa shape index (κ2) is 6.16. The fourth-order valence-corrected chi connectivity index (χ4v) is 1.98. The summed E-state index contributed by atoms with van der Waals surface area (Å²) >= 11 is 0. The van der Waals surface area contributed by atoms with Crippen LogP contribution in [0.1, 0.15) is 19.4 Å². The first-order chi connectivity index (χ1) is 8.39. The van der Waals surface area contributed by atoms with Crippen LogP contribution in [0.25, 0.3) is 0 Å². The van der Waals surface area contributed by atoms with Gasteiger partial charge >= 0.3 is 0 Å². The second-order valence-corrected chi connectivity index (χ2v) is 5.47. The Bertz CT molecular complexity index is 393. The van der Waals surface area contributed by atoms with E-state index in [1.54, 1.807) is 18.2 Å². The molecular weight excluding hydrogens is 231 g/mol. The lowest BCUT2D eigenvalue weighted by Gasteiger charge is -2.29. The van der Waals surface area contributed by atoms with E-state index in [2.05, 4.69) is 18.7 Å². The molecule has 0 spiro atoms. The van der Waals surface area contributed by atoms with Crippen molar-refractivity contribution in [3.8, 4) is 5.75 Å². The number of nitrogens with zero attached hydrogens (tertiary/aromatic N) is 1. The molecule has 0 saturated carbocycles. The Morgan fingerprint density at radius 3 is 2.61 bits per heavy atom. The van der Waals surface area contributed by atoms with Gasteiger partial charge in [0.05, 0.1) is 7.11 Å². The number of nitrogens with two attached hydrogens (primary N) is 1. The van der Waals surface area contributed by atoms with E-state index in [0.29, 0.717) is 24.4 Å². The van der Waals surface area contributed by atoms with E-state index in [0.717, 1.165) is 6.54 Å². The highest BCUT2D eigenvalue weighted by atomic mass is 19.1. The Labute approximate surface area is 109 Å². The van der Waals surface area contributed by atoms with Crippen LogP contribution in [-0.4, -0.2) is 32.1 Å². The van der Waals surface area contributed by atoms with Gasteiger partial charge in [0, 0.05) is 18.7 Å². The minimum absolute atomic E-state index is 0.0318. The molecule has 4 heteroatoms. The predicted molar refractivity (Wildman–Crippen MR) is 72.1 cm³/mol. The highest BCUT2D eigenvalue weighted by Crippen LogP contribution is 2.22. The van der Waals surface area contributed by atoms with Crippen LogP contribution in [0.15, 0.2) is 18.2 Å². The summed E-state index contributed by atoms with van der Waals surface area (Å²) in [5.41, 5.74) is 6.38. The summed E-state index contributed by atoms with van der Waals surface area (Å²) in [6, 6.07) is 5.21. The maximum atomic E-state index is 14.0. The summed E-state index contributed by atoms with van der Waals surface area (Å²) in [6.07, 6.45) is 0. The third kappa shape index (κ3) is 3.96. The molecule has 102 valence electrons. The van der Waals surface area contributed by atoms with Gasteiger partial charge in [-0.15, -0.1) is 0 Å². The van der Waals surface area contributed by atoms with Crippen molar-refractivity contribution < 1.29 is 9.13 Å². The van der Waals surface area contributed by atoms with Crippen molar-refractivity contribution in [2.24, 2.45) is 11.1 Å². The van der Waals surface area contributed by atoms with Gasteiger partial charge in [0.15, 0.2) is 11.6 Å².